The minimum atomic E-state index is -2.49. The van der Waals surface area contributed by atoms with E-state index in [4.69, 9.17) is 14.1 Å². The number of phenolic OH excluding ortho intramolecular Hbond substituents is 1. The number of nitrogens with zero attached hydrogens (tertiary/aromatic N) is 3. The van der Waals surface area contributed by atoms with Crippen molar-refractivity contribution in [2.75, 3.05) is 0 Å². The molecule has 0 radical (unpaired) electrons. The zero-order valence-electron chi connectivity index (χ0n) is 47.0. The van der Waals surface area contributed by atoms with Crippen molar-refractivity contribution in [2.24, 2.45) is 0 Å². The van der Waals surface area contributed by atoms with Gasteiger partial charge in [0.1, 0.15) is 11.6 Å². The number of pyridine rings is 1. The van der Waals surface area contributed by atoms with Gasteiger partial charge in [0.25, 0.3) is 0 Å². The highest BCUT2D eigenvalue weighted by Gasteiger charge is 2.27. The molecular formula is C67H71N3O. The summed E-state index contributed by atoms with van der Waals surface area (Å²) in [7, 11) is 0. The van der Waals surface area contributed by atoms with Crippen LogP contribution in [0.1, 0.15) is 139 Å². The lowest BCUT2D eigenvalue weighted by molar-refractivity contribution is 0.466. The third-order valence-electron chi connectivity index (χ3n) is 14.1. The van der Waals surface area contributed by atoms with Gasteiger partial charge in [0.2, 0.25) is 0 Å². The predicted molar refractivity (Wildman–Crippen MR) is 302 cm³/mol. The molecule has 7 aromatic carbocycles. The van der Waals surface area contributed by atoms with Crippen LogP contribution in [0.3, 0.4) is 0 Å². The van der Waals surface area contributed by atoms with Gasteiger partial charge in [-0.1, -0.05) is 193 Å². The Bertz CT molecular complexity index is 3520. The summed E-state index contributed by atoms with van der Waals surface area (Å²) in [6, 6.07) is 52.6. The summed E-state index contributed by atoms with van der Waals surface area (Å²) in [6.07, 6.45) is 1.90. The number of fused-ring (bicyclic) bond motifs is 1. The zero-order valence-corrected chi connectivity index (χ0v) is 44.0. The molecule has 0 saturated carbocycles. The van der Waals surface area contributed by atoms with Crippen LogP contribution in [-0.4, -0.2) is 19.6 Å². The Morgan fingerprint density at radius 3 is 1.72 bits per heavy atom. The molecule has 9 rings (SSSR count). The number of benzene rings is 7. The van der Waals surface area contributed by atoms with E-state index in [-0.39, 0.29) is 39.4 Å². The zero-order chi connectivity index (χ0) is 53.2. The molecule has 0 fully saturated rings. The van der Waals surface area contributed by atoms with Crippen molar-refractivity contribution >= 4 is 11.0 Å². The van der Waals surface area contributed by atoms with Crippen LogP contribution in [0, 0.1) is 6.85 Å². The molecule has 0 unspecified atom stereocenters. The van der Waals surface area contributed by atoms with Gasteiger partial charge in [0.05, 0.1) is 28.0 Å². The highest BCUT2D eigenvalue weighted by atomic mass is 16.3. The lowest BCUT2D eigenvalue weighted by atomic mass is 9.83. The number of para-hydroxylation sites is 1. The van der Waals surface area contributed by atoms with Crippen LogP contribution < -0.4 is 0 Å². The molecule has 2 heterocycles. The Labute approximate surface area is 427 Å². The molecule has 0 aliphatic heterocycles. The van der Waals surface area contributed by atoms with Crippen molar-refractivity contribution in [3.8, 4) is 78.6 Å². The first-order valence-electron chi connectivity index (χ1n) is 26.7. The molecular weight excluding hydrogens is 863 g/mol. The largest absolute Gasteiger partial charge is 0.507 e. The van der Waals surface area contributed by atoms with Crippen molar-refractivity contribution in [3.05, 3.63) is 191 Å². The number of imidazole rings is 1. The van der Waals surface area contributed by atoms with E-state index in [0.29, 0.717) is 22.6 Å². The van der Waals surface area contributed by atoms with Crippen LogP contribution in [0.15, 0.2) is 158 Å². The van der Waals surface area contributed by atoms with E-state index < -0.39 is 6.85 Å². The fourth-order valence-electron chi connectivity index (χ4n) is 9.69. The summed E-state index contributed by atoms with van der Waals surface area (Å²) in [5.41, 5.74) is 17.4. The molecule has 2 aromatic heterocycles. The number of hydrogen-bond acceptors (Lipinski definition) is 3. The number of aromatic hydroxyl groups is 1. The second-order valence-electron chi connectivity index (χ2n) is 23.2. The maximum atomic E-state index is 12.5. The first-order chi connectivity index (χ1) is 34.8. The average molecular weight is 937 g/mol. The first kappa shape index (κ1) is 45.1. The SMILES string of the molecule is [2H]C([2H])([2H])c1cc(-n2c(-c3cc(C(C)C)cc(C(C)C)c3O)nc3c(-c4cc(-c5cc(-c6ccc(C(C)(C)C)cc6)ccn5)cc(C(C)(C)C)c4)cccc32)c(-c2ccccc2)cc1-c1ccc(C(C)(C)C)cc1. The number of aromatic nitrogens is 3. The summed E-state index contributed by atoms with van der Waals surface area (Å²) in [5, 5.41) is 12.5. The van der Waals surface area contributed by atoms with Gasteiger partial charge in [0.15, 0.2) is 0 Å². The molecule has 4 nitrogen and oxygen atoms in total. The van der Waals surface area contributed by atoms with Gasteiger partial charge in [-0.3, -0.25) is 9.55 Å². The van der Waals surface area contributed by atoms with Gasteiger partial charge in [-0.05, 0) is 150 Å². The standard InChI is InChI=1S/C67H71N3O/c1-41(2)48-37-55(42(3)4)63(71)58(38-48)64-69-62-54(49-34-50(36-53(35-49)67(12,13)14)59-39-47(31-32-68-59)44-23-27-51(28-24-44)65(6,7)8)21-18-22-60(62)70(64)61-33-43(5)56(40-57(61)45-19-16-15-17-20-45)46-25-29-52(30-26-46)66(9,10)11/h15-42,71H,1-14H3/i5D3. The molecule has 4 heteroatoms. The monoisotopic (exact) mass is 937 g/mol. The van der Waals surface area contributed by atoms with Crippen LogP contribution in [0.25, 0.3) is 83.9 Å². The quantitative estimate of drug-likeness (QED) is 0.157. The Hall–Kier alpha value is -7.04. The highest BCUT2D eigenvalue weighted by molar-refractivity contribution is 5.98. The summed E-state index contributed by atoms with van der Waals surface area (Å²) in [5.74, 6) is 0.843. The molecule has 0 atom stereocenters. The Morgan fingerprint density at radius 2 is 1.11 bits per heavy atom. The van der Waals surface area contributed by atoms with Gasteiger partial charge in [0, 0.05) is 27.0 Å². The molecule has 0 bridgehead atoms. The summed E-state index contributed by atoms with van der Waals surface area (Å²) in [6.45, 7) is 26.0. The van der Waals surface area contributed by atoms with Gasteiger partial charge >= 0.3 is 0 Å². The van der Waals surface area contributed by atoms with E-state index >= 15 is 0 Å². The number of aryl methyl sites for hydroxylation is 1. The fourth-order valence-corrected chi connectivity index (χ4v) is 9.69. The topological polar surface area (TPSA) is 50.9 Å². The smallest absolute Gasteiger partial charge is 0.149 e. The van der Waals surface area contributed by atoms with Crippen molar-refractivity contribution in [2.45, 2.75) is 125 Å². The molecule has 0 aliphatic rings. The van der Waals surface area contributed by atoms with Crippen LogP contribution in [0.4, 0.5) is 0 Å². The molecule has 71 heavy (non-hydrogen) atoms. The van der Waals surface area contributed by atoms with E-state index in [1.165, 1.54) is 5.56 Å². The third kappa shape index (κ3) is 9.74. The molecule has 0 aliphatic carbocycles. The van der Waals surface area contributed by atoms with Crippen molar-refractivity contribution in [1.29, 1.82) is 0 Å². The summed E-state index contributed by atoms with van der Waals surface area (Å²) < 4.78 is 29.5. The number of rotatable bonds is 9. The first-order valence-corrected chi connectivity index (χ1v) is 25.2. The van der Waals surface area contributed by atoms with Crippen molar-refractivity contribution in [3.63, 3.8) is 0 Å². The minimum absolute atomic E-state index is 0.0142. The normalized spacial score (nSPS) is 13.2. The van der Waals surface area contributed by atoms with Crippen LogP contribution in [0.5, 0.6) is 5.75 Å². The van der Waals surface area contributed by atoms with E-state index in [2.05, 4.69) is 204 Å². The highest BCUT2D eigenvalue weighted by Crippen LogP contribution is 2.46. The van der Waals surface area contributed by atoms with Gasteiger partial charge < -0.3 is 5.11 Å². The molecule has 9 aromatic rings. The summed E-state index contributed by atoms with van der Waals surface area (Å²) >= 11 is 0. The van der Waals surface area contributed by atoms with E-state index in [0.717, 1.165) is 83.5 Å². The number of phenols is 1. The second kappa shape index (κ2) is 18.6. The average Bonchev–Trinajstić information content (AvgIpc) is 3.74. The summed E-state index contributed by atoms with van der Waals surface area (Å²) in [4.78, 5) is 10.6. The molecule has 1 N–H and O–H groups in total. The van der Waals surface area contributed by atoms with Gasteiger partial charge in [-0.25, -0.2) is 4.98 Å². The van der Waals surface area contributed by atoms with Gasteiger partial charge in [-0.15, -0.1) is 0 Å². The fraction of sp³-hybridized carbons (Fsp3) is 0.284. The maximum Gasteiger partial charge on any atom is 0.149 e. The molecule has 0 amide bonds. The number of hydrogen-bond donors (Lipinski definition) is 1. The molecule has 0 spiro atoms. The molecule has 0 saturated heterocycles. The lowest BCUT2D eigenvalue weighted by Crippen LogP contribution is -2.11. The Kier molecular flexibility index (Phi) is 11.8. The Morgan fingerprint density at radius 1 is 0.493 bits per heavy atom. The van der Waals surface area contributed by atoms with E-state index in [1.807, 2.05) is 48.7 Å². The van der Waals surface area contributed by atoms with E-state index in [9.17, 15) is 5.11 Å². The van der Waals surface area contributed by atoms with E-state index in [1.54, 1.807) is 0 Å². The minimum Gasteiger partial charge on any atom is -0.507 e. The van der Waals surface area contributed by atoms with Crippen molar-refractivity contribution in [1.82, 2.24) is 14.5 Å². The lowest BCUT2D eigenvalue weighted by Gasteiger charge is -2.22. The Balaban J connectivity index is 1.35. The van der Waals surface area contributed by atoms with Crippen LogP contribution in [-0.2, 0) is 16.2 Å². The maximum absolute atomic E-state index is 12.5. The predicted octanol–water partition coefficient (Wildman–Crippen LogP) is 18.6. The third-order valence-corrected chi connectivity index (χ3v) is 14.1. The van der Waals surface area contributed by atoms with Gasteiger partial charge in [-0.2, -0.15) is 0 Å². The van der Waals surface area contributed by atoms with Crippen LogP contribution >= 0.6 is 0 Å². The van der Waals surface area contributed by atoms with Crippen molar-refractivity contribution < 1.29 is 9.22 Å². The molecule has 360 valence electrons. The van der Waals surface area contributed by atoms with Crippen LogP contribution in [0.2, 0.25) is 0 Å². The second-order valence-corrected chi connectivity index (χ2v) is 23.2.